The molecule has 0 aromatic heterocycles. The number of hydrogen-bond donors (Lipinski definition) is 0. The number of carbonyl (C=O) groups is 1. The lowest BCUT2D eigenvalue weighted by molar-refractivity contribution is 0.0734. The van der Waals surface area contributed by atoms with Gasteiger partial charge in [0, 0.05) is 11.3 Å². The smallest absolute Gasteiger partial charge is 0.343 e. The molecule has 0 aliphatic heterocycles. The zero-order valence-corrected chi connectivity index (χ0v) is 13.9. The zero-order valence-electron chi connectivity index (χ0n) is 11.5. The first kappa shape index (κ1) is 16.8. The molecular formula is C15H12Cl2O4S. The summed E-state index contributed by atoms with van der Waals surface area (Å²) in [7, 11) is -3.18. The molecule has 0 unspecified atom stereocenters. The van der Waals surface area contributed by atoms with E-state index in [-0.39, 0.29) is 22.1 Å². The number of hydrogen-bond acceptors (Lipinski definition) is 4. The van der Waals surface area contributed by atoms with Gasteiger partial charge in [0.15, 0.2) is 9.84 Å². The van der Waals surface area contributed by atoms with Gasteiger partial charge in [0.1, 0.15) is 5.75 Å². The maximum atomic E-state index is 12.1. The summed E-state index contributed by atoms with van der Waals surface area (Å²) >= 11 is 11.7. The summed E-state index contributed by atoms with van der Waals surface area (Å²) < 4.78 is 27.8. The lowest BCUT2D eigenvalue weighted by Crippen LogP contribution is -2.10. The van der Waals surface area contributed by atoms with Crippen molar-refractivity contribution >= 4 is 39.0 Å². The number of halogens is 2. The molecule has 2 aromatic rings. The van der Waals surface area contributed by atoms with Crippen LogP contribution in [0.4, 0.5) is 0 Å². The fourth-order valence-electron chi connectivity index (χ4n) is 1.81. The van der Waals surface area contributed by atoms with Crippen LogP contribution in [-0.4, -0.2) is 20.6 Å². The molecule has 4 nitrogen and oxygen atoms in total. The molecule has 0 aliphatic carbocycles. The molecule has 0 spiro atoms. The minimum atomic E-state index is -3.18. The first-order valence-corrected chi connectivity index (χ1v) is 9.00. The summed E-state index contributed by atoms with van der Waals surface area (Å²) in [5.41, 5.74) is 0.756. The summed E-state index contributed by atoms with van der Waals surface area (Å²) in [5, 5.41) is 0.646. The second-order valence-electron chi connectivity index (χ2n) is 4.73. The van der Waals surface area contributed by atoms with Gasteiger partial charge in [-0.3, -0.25) is 0 Å². The van der Waals surface area contributed by atoms with E-state index >= 15 is 0 Å². The first-order valence-electron chi connectivity index (χ1n) is 6.18. The molecule has 0 amide bonds. The molecule has 0 atom stereocenters. The van der Waals surface area contributed by atoms with E-state index in [2.05, 4.69) is 0 Å². The fraction of sp³-hybridized carbons (Fsp3) is 0.133. The number of benzene rings is 2. The molecule has 7 heteroatoms. The summed E-state index contributed by atoms with van der Waals surface area (Å²) in [5.74, 6) is -0.584. The normalized spacial score (nSPS) is 11.2. The van der Waals surface area contributed by atoms with Crippen molar-refractivity contribution in [2.45, 2.75) is 5.75 Å². The number of sulfone groups is 1. The average Bonchev–Trinajstić information content (AvgIpc) is 2.40. The Morgan fingerprint density at radius 2 is 1.86 bits per heavy atom. The summed E-state index contributed by atoms with van der Waals surface area (Å²) in [6, 6.07) is 10.8. The third-order valence-corrected chi connectivity index (χ3v) is 4.08. The molecule has 0 saturated heterocycles. The van der Waals surface area contributed by atoms with Gasteiger partial charge in [0.25, 0.3) is 0 Å². The molecule has 0 fully saturated rings. The van der Waals surface area contributed by atoms with E-state index in [0.29, 0.717) is 10.6 Å². The number of ether oxygens (including phenoxy) is 1. The summed E-state index contributed by atoms with van der Waals surface area (Å²) in [6.45, 7) is 0. The highest BCUT2D eigenvalue weighted by Crippen LogP contribution is 2.28. The largest absolute Gasteiger partial charge is 0.421 e. The van der Waals surface area contributed by atoms with Crippen LogP contribution in [0.25, 0.3) is 0 Å². The Bertz CT molecular complexity index is 816. The topological polar surface area (TPSA) is 60.4 Å². The van der Waals surface area contributed by atoms with Crippen LogP contribution in [-0.2, 0) is 15.6 Å². The molecule has 2 aromatic carbocycles. The van der Waals surface area contributed by atoms with Crippen LogP contribution in [0.1, 0.15) is 15.9 Å². The maximum absolute atomic E-state index is 12.1. The highest BCUT2D eigenvalue weighted by Gasteiger charge is 2.13. The number of esters is 1. The molecule has 0 heterocycles. The maximum Gasteiger partial charge on any atom is 0.343 e. The predicted molar refractivity (Wildman–Crippen MR) is 86.4 cm³/mol. The van der Waals surface area contributed by atoms with Crippen LogP contribution in [0.5, 0.6) is 5.75 Å². The van der Waals surface area contributed by atoms with E-state index in [1.54, 1.807) is 18.2 Å². The minimum absolute atomic E-state index is 0.143. The van der Waals surface area contributed by atoms with Crippen molar-refractivity contribution in [1.82, 2.24) is 0 Å². The molecule has 0 radical (unpaired) electrons. The quantitative estimate of drug-likeness (QED) is 0.616. The predicted octanol–water partition coefficient (Wildman–Crippen LogP) is 3.76. The van der Waals surface area contributed by atoms with Crippen molar-refractivity contribution in [3.05, 3.63) is 63.6 Å². The van der Waals surface area contributed by atoms with Gasteiger partial charge in [-0.15, -0.1) is 0 Å². The summed E-state index contributed by atoms with van der Waals surface area (Å²) in [4.78, 5) is 12.1. The van der Waals surface area contributed by atoms with Crippen molar-refractivity contribution < 1.29 is 17.9 Å². The molecule has 0 saturated carbocycles. The number of carbonyl (C=O) groups excluding carboxylic acids is 1. The van der Waals surface area contributed by atoms with E-state index in [0.717, 1.165) is 6.26 Å². The highest BCUT2D eigenvalue weighted by atomic mass is 35.5. The molecule has 22 heavy (non-hydrogen) atoms. The monoisotopic (exact) mass is 358 g/mol. The Hall–Kier alpha value is -1.56. The van der Waals surface area contributed by atoms with Crippen LogP contribution < -0.4 is 4.74 Å². The fourth-order valence-corrected chi connectivity index (χ4v) is 3.04. The average molecular weight is 359 g/mol. The molecule has 0 bridgehead atoms. The van der Waals surface area contributed by atoms with Crippen molar-refractivity contribution in [2.75, 3.05) is 6.26 Å². The van der Waals surface area contributed by atoms with Gasteiger partial charge in [0.05, 0.1) is 16.3 Å². The van der Waals surface area contributed by atoms with Crippen LogP contribution in [0, 0.1) is 0 Å². The van der Waals surface area contributed by atoms with E-state index in [1.807, 2.05) is 0 Å². The zero-order chi connectivity index (χ0) is 16.3. The molecule has 2 rings (SSSR count). The standard InChI is InChI=1S/C15H12Cl2O4S/c1-22(19,20)9-10-3-2-4-11(7-10)15(18)21-14-6-5-12(16)8-13(14)17/h2-8H,9H2,1H3. The Morgan fingerprint density at radius 3 is 2.50 bits per heavy atom. The van der Waals surface area contributed by atoms with Gasteiger partial charge in [-0.25, -0.2) is 13.2 Å². The Morgan fingerprint density at radius 1 is 1.14 bits per heavy atom. The van der Waals surface area contributed by atoms with Gasteiger partial charge in [0.2, 0.25) is 0 Å². The third kappa shape index (κ3) is 4.73. The Kier molecular flexibility index (Phi) is 5.11. The third-order valence-electron chi connectivity index (χ3n) is 2.69. The van der Waals surface area contributed by atoms with Crippen molar-refractivity contribution in [3.8, 4) is 5.75 Å². The van der Waals surface area contributed by atoms with Gasteiger partial charge in [-0.05, 0) is 35.9 Å². The second kappa shape index (κ2) is 6.69. The van der Waals surface area contributed by atoms with Crippen LogP contribution in [0.2, 0.25) is 10.0 Å². The first-order chi connectivity index (χ1) is 10.2. The van der Waals surface area contributed by atoms with Crippen molar-refractivity contribution in [1.29, 1.82) is 0 Å². The van der Waals surface area contributed by atoms with Crippen molar-refractivity contribution in [2.24, 2.45) is 0 Å². The second-order valence-corrected chi connectivity index (χ2v) is 7.72. The van der Waals surface area contributed by atoms with Crippen LogP contribution in [0.15, 0.2) is 42.5 Å². The molecular weight excluding hydrogens is 347 g/mol. The molecule has 0 N–H and O–H groups in total. The highest BCUT2D eigenvalue weighted by molar-refractivity contribution is 7.89. The SMILES string of the molecule is CS(=O)(=O)Cc1cccc(C(=O)Oc2ccc(Cl)cc2Cl)c1. The lowest BCUT2D eigenvalue weighted by atomic mass is 10.1. The molecule has 116 valence electrons. The summed E-state index contributed by atoms with van der Waals surface area (Å²) in [6.07, 6.45) is 1.13. The molecule has 0 aliphatic rings. The Balaban J connectivity index is 2.21. The number of rotatable bonds is 4. The minimum Gasteiger partial charge on any atom is -0.421 e. The van der Waals surface area contributed by atoms with Crippen molar-refractivity contribution in [3.63, 3.8) is 0 Å². The van der Waals surface area contributed by atoms with Gasteiger partial charge < -0.3 is 4.74 Å². The van der Waals surface area contributed by atoms with E-state index in [9.17, 15) is 13.2 Å². The lowest BCUT2D eigenvalue weighted by Gasteiger charge is -2.07. The Labute approximate surface area is 138 Å². The van der Waals surface area contributed by atoms with Gasteiger partial charge in [-0.1, -0.05) is 35.3 Å². The van der Waals surface area contributed by atoms with E-state index in [4.69, 9.17) is 27.9 Å². The van der Waals surface area contributed by atoms with Crippen LogP contribution >= 0.6 is 23.2 Å². The van der Waals surface area contributed by atoms with Crippen LogP contribution in [0.3, 0.4) is 0 Å². The van der Waals surface area contributed by atoms with Gasteiger partial charge >= 0.3 is 5.97 Å². The van der Waals surface area contributed by atoms with E-state index in [1.165, 1.54) is 24.3 Å². The van der Waals surface area contributed by atoms with E-state index < -0.39 is 15.8 Å². The van der Waals surface area contributed by atoms with Gasteiger partial charge in [-0.2, -0.15) is 0 Å².